The highest BCUT2D eigenvalue weighted by Crippen LogP contribution is 2.22. The molecule has 0 aliphatic rings. The minimum absolute atomic E-state index is 0.161. The van der Waals surface area contributed by atoms with Crippen molar-refractivity contribution in [1.82, 2.24) is 5.32 Å². The molecule has 0 aromatic heterocycles. The molecule has 5 nitrogen and oxygen atoms in total. The molecule has 0 fully saturated rings. The van der Waals surface area contributed by atoms with Crippen LogP contribution in [0.4, 0.5) is 5.69 Å². The molecule has 0 spiro atoms. The van der Waals surface area contributed by atoms with Crippen molar-refractivity contribution in [2.45, 2.75) is 26.3 Å². The van der Waals surface area contributed by atoms with Crippen LogP contribution in [0.1, 0.15) is 52.6 Å². The van der Waals surface area contributed by atoms with Crippen LogP contribution in [-0.2, 0) is 0 Å². The van der Waals surface area contributed by atoms with Crippen LogP contribution in [0.25, 0.3) is 0 Å². The maximum Gasteiger partial charge on any atom is 0.259 e. The quantitative estimate of drug-likeness (QED) is 0.543. The van der Waals surface area contributed by atoms with E-state index < -0.39 is 0 Å². The molecule has 1 unspecified atom stereocenters. The van der Waals surface area contributed by atoms with Gasteiger partial charge in [-0.2, -0.15) is 0 Å². The number of nitrogens with one attached hydrogen (secondary N) is 2. The minimum atomic E-state index is -0.321. The van der Waals surface area contributed by atoms with E-state index in [-0.39, 0.29) is 17.9 Å². The average Bonchev–Trinajstić information content (AvgIpc) is 2.78. The molecule has 3 aromatic rings. The molecular weight excluding hydrogens is 376 g/mol. The first kappa shape index (κ1) is 21.1. The third-order valence-electron chi connectivity index (χ3n) is 4.66. The normalized spacial score (nSPS) is 11.4. The molecule has 3 rings (SSSR count). The fourth-order valence-electron chi connectivity index (χ4n) is 3.07. The number of benzene rings is 3. The summed E-state index contributed by atoms with van der Waals surface area (Å²) in [5.41, 5.74) is 2.29. The number of ether oxygens (including phenoxy) is 1. The number of carbonyl (C=O) groups is 2. The van der Waals surface area contributed by atoms with Gasteiger partial charge in [-0.1, -0.05) is 61.5 Å². The molecule has 0 aliphatic carbocycles. The number of anilines is 1. The molecule has 0 heterocycles. The Kier molecular flexibility index (Phi) is 7.22. The van der Waals surface area contributed by atoms with Crippen molar-refractivity contribution in [2.24, 2.45) is 0 Å². The third kappa shape index (κ3) is 5.26. The van der Waals surface area contributed by atoms with Crippen LogP contribution in [0.15, 0.2) is 78.9 Å². The van der Waals surface area contributed by atoms with Crippen molar-refractivity contribution >= 4 is 17.5 Å². The zero-order valence-corrected chi connectivity index (χ0v) is 17.2. The summed E-state index contributed by atoms with van der Waals surface area (Å²) in [7, 11) is 0. The molecule has 154 valence electrons. The maximum atomic E-state index is 12.9. The van der Waals surface area contributed by atoms with Crippen LogP contribution in [0.2, 0.25) is 0 Å². The Labute approximate surface area is 177 Å². The second-order valence-electron chi connectivity index (χ2n) is 6.95. The Hall–Kier alpha value is -3.60. The Bertz CT molecular complexity index is 1000. The Morgan fingerprint density at radius 2 is 1.47 bits per heavy atom. The lowest BCUT2D eigenvalue weighted by Gasteiger charge is -2.17. The summed E-state index contributed by atoms with van der Waals surface area (Å²) < 4.78 is 5.68. The summed E-state index contributed by atoms with van der Waals surface area (Å²) in [6.45, 7) is 4.46. The fraction of sp³-hybridized carbons (Fsp3) is 0.200. The first-order chi connectivity index (χ1) is 14.6. The average molecular weight is 402 g/mol. The van der Waals surface area contributed by atoms with Gasteiger partial charge in [0.05, 0.1) is 29.5 Å². The highest BCUT2D eigenvalue weighted by atomic mass is 16.5. The van der Waals surface area contributed by atoms with E-state index in [9.17, 15) is 9.59 Å². The Morgan fingerprint density at radius 1 is 0.833 bits per heavy atom. The van der Waals surface area contributed by atoms with Gasteiger partial charge in [0.1, 0.15) is 5.75 Å². The molecule has 1 atom stereocenters. The van der Waals surface area contributed by atoms with Crippen LogP contribution >= 0.6 is 0 Å². The van der Waals surface area contributed by atoms with Crippen molar-refractivity contribution in [1.29, 1.82) is 0 Å². The van der Waals surface area contributed by atoms with Gasteiger partial charge in [0.2, 0.25) is 0 Å². The van der Waals surface area contributed by atoms with E-state index in [0.717, 1.165) is 12.0 Å². The van der Waals surface area contributed by atoms with Crippen molar-refractivity contribution in [2.75, 3.05) is 11.9 Å². The standard InChI is InChI=1S/C25H26N2O3/c1-3-17-30-23-16-10-8-14-21(23)25(29)27-22-15-9-7-13-20(22)24(28)26-18(2)19-11-5-4-6-12-19/h4-16,18H,3,17H2,1-2H3,(H,26,28)(H,27,29). The third-order valence-corrected chi connectivity index (χ3v) is 4.66. The number of amides is 2. The summed E-state index contributed by atoms with van der Waals surface area (Å²) in [5.74, 6) is -0.0488. The molecule has 0 bridgehead atoms. The predicted molar refractivity (Wildman–Crippen MR) is 119 cm³/mol. The van der Waals surface area contributed by atoms with Gasteiger partial charge in [-0.3, -0.25) is 9.59 Å². The minimum Gasteiger partial charge on any atom is -0.493 e. The summed E-state index contributed by atoms with van der Waals surface area (Å²) >= 11 is 0. The lowest BCUT2D eigenvalue weighted by atomic mass is 10.1. The molecule has 0 saturated heterocycles. The van der Waals surface area contributed by atoms with E-state index in [1.54, 1.807) is 42.5 Å². The number of hydrogen-bond donors (Lipinski definition) is 2. The smallest absolute Gasteiger partial charge is 0.259 e. The maximum absolute atomic E-state index is 12.9. The molecule has 2 N–H and O–H groups in total. The molecular formula is C25H26N2O3. The Balaban J connectivity index is 1.77. The topological polar surface area (TPSA) is 67.4 Å². The van der Waals surface area contributed by atoms with E-state index in [0.29, 0.717) is 29.2 Å². The summed E-state index contributed by atoms with van der Waals surface area (Å²) in [4.78, 5) is 25.8. The second-order valence-corrected chi connectivity index (χ2v) is 6.95. The molecule has 2 amide bonds. The van der Waals surface area contributed by atoms with Crippen LogP contribution in [0.3, 0.4) is 0 Å². The summed E-state index contributed by atoms with van der Waals surface area (Å²) in [6.07, 6.45) is 0.846. The predicted octanol–water partition coefficient (Wildman–Crippen LogP) is 5.22. The van der Waals surface area contributed by atoms with E-state index in [1.807, 2.05) is 50.2 Å². The van der Waals surface area contributed by atoms with Crippen molar-refractivity contribution in [3.63, 3.8) is 0 Å². The molecule has 0 saturated carbocycles. The van der Waals surface area contributed by atoms with Gasteiger partial charge in [-0.05, 0) is 43.2 Å². The van der Waals surface area contributed by atoms with Gasteiger partial charge in [0.15, 0.2) is 0 Å². The highest BCUT2D eigenvalue weighted by molar-refractivity contribution is 6.10. The second kappa shape index (κ2) is 10.3. The monoisotopic (exact) mass is 402 g/mol. The van der Waals surface area contributed by atoms with E-state index in [4.69, 9.17) is 4.74 Å². The van der Waals surface area contributed by atoms with Crippen LogP contribution in [0.5, 0.6) is 5.75 Å². The first-order valence-electron chi connectivity index (χ1n) is 10.1. The van der Waals surface area contributed by atoms with E-state index in [2.05, 4.69) is 10.6 Å². The number of rotatable bonds is 8. The van der Waals surface area contributed by atoms with Crippen molar-refractivity contribution < 1.29 is 14.3 Å². The molecule has 0 radical (unpaired) electrons. The fourth-order valence-corrected chi connectivity index (χ4v) is 3.07. The van der Waals surface area contributed by atoms with E-state index >= 15 is 0 Å². The number of carbonyl (C=O) groups excluding carboxylic acids is 2. The van der Waals surface area contributed by atoms with Gasteiger partial charge >= 0.3 is 0 Å². The highest BCUT2D eigenvalue weighted by Gasteiger charge is 2.18. The van der Waals surface area contributed by atoms with E-state index in [1.165, 1.54) is 0 Å². The van der Waals surface area contributed by atoms with Crippen molar-refractivity contribution in [3.05, 3.63) is 95.6 Å². The largest absolute Gasteiger partial charge is 0.493 e. The van der Waals surface area contributed by atoms with Gasteiger partial charge in [-0.25, -0.2) is 0 Å². The molecule has 30 heavy (non-hydrogen) atoms. The SMILES string of the molecule is CCCOc1ccccc1C(=O)Nc1ccccc1C(=O)NC(C)c1ccccc1. The van der Waals surface area contributed by atoms with Gasteiger partial charge in [0, 0.05) is 0 Å². The van der Waals surface area contributed by atoms with Crippen LogP contribution in [0, 0.1) is 0 Å². The lowest BCUT2D eigenvalue weighted by Crippen LogP contribution is -2.28. The van der Waals surface area contributed by atoms with Crippen LogP contribution < -0.4 is 15.4 Å². The first-order valence-corrected chi connectivity index (χ1v) is 10.1. The zero-order valence-electron chi connectivity index (χ0n) is 17.2. The van der Waals surface area contributed by atoms with Gasteiger partial charge in [-0.15, -0.1) is 0 Å². The summed E-state index contributed by atoms with van der Waals surface area (Å²) in [6, 6.07) is 23.6. The number of para-hydroxylation sites is 2. The Morgan fingerprint density at radius 3 is 2.20 bits per heavy atom. The number of hydrogen-bond acceptors (Lipinski definition) is 3. The van der Waals surface area contributed by atoms with Crippen LogP contribution in [-0.4, -0.2) is 18.4 Å². The molecule has 5 heteroatoms. The van der Waals surface area contributed by atoms with Crippen molar-refractivity contribution in [3.8, 4) is 5.75 Å². The molecule has 3 aromatic carbocycles. The molecule has 0 aliphatic heterocycles. The summed E-state index contributed by atoms with van der Waals surface area (Å²) in [5, 5.41) is 5.85. The lowest BCUT2D eigenvalue weighted by molar-refractivity contribution is 0.0941. The zero-order chi connectivity index (χ0) is 21.3. The van der Waals surface area contributed by atoms with Gasteiger partial charge < -0.3 is 15.4 Å². The van der Waals surface area contributed by atoms with Gasteiger partial charge in [0.25, 0.3) is 11.8 Å².